The quantitative estimate of drug-likeness (QED) is 0.403. The van der Waals surface area contributed by atoms with Crippen LogP contribution in [0.15, 0.2) is 24.4 Å². The van der Waals surface area contributed by atoms with Crippen LogP contribution in [0.2, 0.25) is 5.02 Å². The summed E-state index contributed by atoms with van der Waals surface area (Å²) in [5, 5.41) is 15.2. The molecule has 8 rings (SSSR count). The van der Waals surface area contributed by atoms with Crippen molar-refractivity contribution < 1.29 is 14.2 Å². The second-order valence-corrected chi connectivity index (χ2v) is 13.0. The summed E-state index contributed by atoms with van der Waals surface area (Å²) < 4.78 is 23.1. The molecule has 3 aromatic rings. The molecule has 2 bridgehead atoms. The number of hydrogen-bond donors (Lipinski definition) is 2. The fourth-order valence-electron chi connectivity index (χ4n) is 7.88. The van der Waals surface area contributed by atoms with Gasteiger partial charge in [0.15, 0.2) is 5.82 Å². The molecule has 4 saturated heterocycles. The Kier molecular flexibility index (Phi) is 5.91. The predicted octanol–water partition coefficient (Wildman–Crippen LogP) is 5.62. The number of benzene rings is 1. The van der Waals surface area contributed by atoms with Crippen LogP contribution in [0.5, 0.6) is 11.6 Å². The number of aromatic nitrogens is 2. The molecular weight excluding hydrogens is 529 g/mol. The van der Waals surface area contributed by atoms with Crippen LogP contribution >= 0.6 is 11.6 Å². The second-order valence-electron chi connectivity index (χ2n) is 12.6. The lowest BCUT2D eigenvalue weighted by atomic mass is 9.95. The third-order valence-corrected chi connectivity index (χ3v) is 10.3. The van der Waals surface area contributed by atoms with Crippen molar-refractivity contribution in [3.63, 3.8) is 0 Å². The predicted molar refractivity (Wildman–Crippen MR) is 154 cm³/mol. The van der Waals surface area contributed by atoms with Crippen molar-refractivity contribution in [1.29, 1.82) is 0 Å². The lowest BCUT2D eigenvalue weighted by molar-refractivity contribution is 0.111. The van der Waals surface area contributed by atoms with E-state index < -0.39 is 5.82 Å². The molecule has 5 aliphatic rings. The van der Waals surface area contributed by atoms with Gasteiger partial charge >= 0.3 is 0 Å². The molecule has 0 spiro atoms. The van der Waals surface area contributed by atoms with Gasteiger partial charge in [-0.2, -0.15) is 0 Å². The van der Waals surface area contributed by atoms with E-state index in [-0.39, 0.29) is 28.4 Å². The summed E-state index contributed by atoms with van der Waals surface area (Å²) in [4.78, 5) is 14.3. The van der Waals surface area contributed by atoms with E-state index in [1.54, 1.807) is 12.3 Å². The van der Waals surface area contributed by atoms with Gasteiger partial charge in [0.1, 0.15) is 23.6 Å². The zero-order valence-electron chi connectivity index (χ0n) is 22.6. The van der Waals surface area contributed by atoms with E-state index in [2.05, 4.69) is 20.1 Å². The standard InChI is InChI=1S/C31H35ClFN5O2/c32-24-12-21(39)11-22(27(24)18-3-4-18)29-28(33)30-23(14-34-29)25(37-15-19-5-6-20(16-37)35-19)13-26(36-30)40-17-31-7-1-9-38(31)10-2-8-31/h11-14,18-20,35,39H,1-10,15-17H2. The highest BCUT2D eigenvalue weighted by Gasteiger charge is 2.45. The van der Waals surface area contributed by atoms with Crippen molar-refractivity contribution >= 4 is 28.2 Å². The number of anilines is 1. The summed E-state index contributed by atoms with van der Waals surface area (Å²) in [6, 6.07) is 5.99. The van der Waals surface area contributed by atoms with E-state index in [4.69, 9.17) is 21.3 Å². The Morgan fingerprint density at radius 1 is 1.07 bits per heavy atom. The molecule has 1 saturated carbocycles. The minimum absolute atomic E-state index is 0.00431. The molecule has 0 amide bonds. The van der Waals surface area contributed by atoms with Gasteiger partial charge in [-0.25, -0.2) is 9.37 Å². The first-order chi connectivity index (χ1) is 19.5. The van der Waals surface area contributed by atoms with Crippen LogP contribution in [0.3, 0.4) is 0 Å². The van der Waals surface area contributed by atoms with Gasteiger partial charge in [0, 0.05) is 53.4 Å². The Balaban J connectivity index is 1.24. The number of nitrogens with one attached hydrogen (secondary N) is 1. The van der Waals surface area contributed by atoms with Crippen LogP contribution in [0.4, 0.5) is 10.1 Å². The van der Waals surface area contributed by atoms with Gasteiger partial charge in [0.05, 0.1) is 11.2 Å². The maximum atomic E-state index is 16.6. The normalized spacial score (nSPS) is 25.6. The summed E-state index contributed by atoms with van der Waals surface area (Å²) in [6.07, 6.45) is 10.7. The Hall–Kier alpha value is -2.68. The van der Waals surface area contributed by atoms with Crippen LogP contribution in [0.25, 0.3) is 22.2 Å². The Morgan fingerprint density at radius 2 is 1.82 bits per heavy atom. The molecule has 2 unspecified atom stereocenters. The minimum Gasteiger partial charge on any atom is -0.508 e. The number of fused-ring (bicyclic) bond motifs is 4. The number of phenols is 1. The fraction of sp³-hybridized carbons (Fsp3) is 0.548. The molecule has 7 nitrogen and oxygen atoms in total. The summed E-state index contributed by atoms with van der Waals surface area (Å²) in [5.74, 6) is 0.237. The zero-order valence-corrected chi connectivity index (χ0v) is 23.4. The number of piperazine rings is 1. The Labute approximate surface area is 238 Å². The Bertz CT molecular complexity index is 1470. The number of rotatable bonds is 6. The highest BCUT2D eigenvalue weighted by molar-refractivity contribution is 6.32. The number of hydrogen-bond acceptors (Lipinski definition) is 7. The first kappa shape index (κ1) is 25.1. The first-order valence-corrected chi connectivity index (χ1v) is 15.3. The molecule has 2 N–H and O–H groups in total. The maximum absolute atomic E-state index is 16.6. The maximum Gasteiger partial charge on any atom is 0.216 e. The van der Waals surface area contributed by atoms with E-state index in [0.29, 0.717) is 40.5 Å². The average Bonchev–Trinajstić information content (AvgIpc) is 3.43. The molecule has 0 radical (unpaired) electrons. The molecular formula is C31H35ClFN5O2. The van der Waals surface area contributed by atoms with E-state index >= 15 is 4.39 Å². The number of phenolic OH excluding ortho intramolecular Hbond substituents is 1. The van der Waals surface area contributed by atoms with Gasteiger partial charge in [-0.15, -0.1) is 0 Å². The van der Waals surface area contributed by atoms with E-state index in [9.17, 15) is 5.11 Å². The van der Waals surface area contributed by atoms with Gasteiger partial charge in [-0.1, -0.05) is 11.6 Å². The number of ether oxygens (including phenoxy) is 1. The summed E-state index contributed by atoms with van der Waals surface area (Å²) in [6.45, 7) is 4.56. The van der Waals surface area contributed by atoms with Crippen molar-refractivity contribution in [2.75, 3.05) is 37.7 Å². The van der Waals surface area contributed by atoms with Gasteiger partial charge in [-0.05, 0) is 88.1 Å². The largest absolute Gasteiger partial charge is 0.508 e. The van der Waals surface area contributed by atoms with Crippen LogP contribution in [-0.2, 0) is 0 Å². The highest BCUT2D eigenvalue weighted by atomic mass is 35.5. The SMILES string of the molecule is Oc1cc(Cl)c(C2CC2)c(-c2ncc3c(N4CC5CCC(C4)N5)cc(OCC45CCCN4CCC5)nc3c2F)c1. The third kappa shape index (κ3) is 4.13. The van der Waals surface area contributed by atoms with E-state index in [0.717, 1.165) is 76.0 Å². The van der Waals surface area contributed by atoms with Gasteiger partial charge in [0.25, 0.3) is 0 Å². The molecule has 1 aromatic carbocycles. The number of nitrogens with zero attached hydrogens (tertiary/aromatic N) is 4. The van der Waals surface area contributed by atoms with Crippen molar-refractivity contribution in [2.24, 2.45) is 0 Å². The van der Waals surface area contributed by atoms with Crippen LogP contribution in [-0.4, -0.2) is 70.4 Å². The summed E-state index contributed by atoms with van der Waals surface area (Å²) >= 11 is 6.56. The zero-order chi connectivity index (χ0) is 27.0. The molecule has 5 fully saturated rings. The molecule has 2 aromatic heterocycles. The van der Waals surface area contributed by atoms with Gasteiger partial charge in [-0.3, -0.25) is 9.88 Å². The fourth-order valence-corrected chi connectivity index (χ4v) is 8.25. The molecule has 40 heavy (non-hydrogen) atoms. The van der Waals surface area contributed by atoms with Crippen LogP contribution in [0, 0.1) is 5.82 Å². The van der Waals surface area contributed by atoms with Gasteiger partial charge < -0.3 is 20.1 Å². The Morgan fingerprint density at radius 3 is 2.55 bits per heavy atom. The summed E-state index contributed by atoms with van der Waals surface area (Å²) in [5.41, 5.74) is 2.85. The molecule has 6 heterocycles. The molecule has 210 valence electrons. The third-order valence-electron chi connectivity index (χ3n) is 9.96. The molecule has 4 aliphatic heterocycles. The van der Waals surface area contributed by atoms with E-state index in [1.807, 2.05) is 6.07 Å². The highest BCUT2D eigenvalue weighted by Crippen LogP contribution is 2.49. The number of aromatic hydroxyl groups is 1. The van der Waals surface area contributed by atoms with Crippen molar-refractivity contribution in [3.05, 3.63) is 40.8 Å². The average molecular weight is 564 g/mol. The van der Waals surface area contributed by atoms with Crippen molar-refractivity contribution in [3.8, 4) is 22.9 Å². The lowest BCUT2D eigenvalue weighted by Gasteiger charge is -2.35. The topological polar surface area (TPSA) is 73.8 Å². The number of halogens is 2. The lowest BCUT2D eigenvalue weighted by Crippen LogP contribution is -2.51. The second kappa shape index (κ2) is 9.43. The summed E-state index contributed by atoms with van der Waals surface area (Å²) in [7, 11) is 0. The molecule has 2 atom stereocenters. The van der Waals surface area contributed by atoms with Gasteiger partial charge in [0.2, 0.25) is 5.88 Å². The van der Waals surface area contributed by atoms with Crippen LogP contribution < -0.4 is 15.0 Å². The van der Waals surface area contributed by atoms with Crippen LogP contribution in [0.1, 0.15) is 62.8 Å². The van der Waals surface area contributed by atoms with Crippen molar-refractivity contribution in [1.82, 2.24) is 20.2 Å². The molecule has 9 heteroatoms. The molecule has 1 aliphatic carbocycles. The first-order valence-electron chi connectivity index (χ1n) is 14.9. The smallest absolute Gasteiger partial charge is 0.216 e. The number of pyridine rings is 2. The monoisotopic (exact) mass is 563 g/mol. The van der Waals surface area contributed by atoms with E-state index in [1.165, 1.54) is 18.9 Å². The van der Waals surface area contributed by atoms with Crippen molar-refractivity contribution in [2.45, 2.75) is 74.9 Å². The minimum atomic E-state index is -0.493.